The maximum Gasteiger partial charge on any atom is 0.0898 e. The Labute approximate surface area is 149 Å². The van der Waals surface area contributed by atoms with Crippen LogP contribution in [-0.4, -0.2) is 29.9 Å². The van der Waals surface area contributed by atoms with E-state index in [1.807, 2.05) is 24.3 Å². The molecule has 0 heterocycles. The highest BCUT2D eigenvalue weighted by molar-refractivity contribution is 6.31. The first-order valence-corrected chi connectivity index (χ1v) is 9.74. The quantitative estimate of drug-likeness (QED) is 0.787. The summed E-state index contributed by atoms with van der Waals surface area (Å²) >= 11 is 6.12. The number of ether oxygens (including phenoxy) is 1. The van der Waals surface area contributed by atoms with Gasteiger partial charge in [-0.25, -0.2) is 0 Å². The Morgan fingerprint density at radius 3 is 2.38 bits per heavy atom. The fourth-order valence-corrected chi connectivity index (χ4v) is 5.83. The summed E-state index contributed by atoms with van der Waals surface area (Å²) in [7, 11) is 0. The van der Waals surface area contributed by atoms with Gasteiger partial charge in [0, 0.05) is 17.1 Å². The third-order valence-electron chi connectivity index (χ3n) is 6.28. The molecule has 3 nitrogen and oxygen atoms in total. The Hall–Kier alpha value is -0.610. The molecule has 1 atom stereocenters. The number of aliphatic hydroxyl groups excluding tert-OH is 1. The van der Waals surface area contributed by atoms with Crippen molar-refractivity contribution in [2.24, 2.45) is 17.8 Å². The summed E-state index contributed by atoms with van der Waals surface area (Å²) in [6.45, 7) is 1.44. The van der Waals surface area contributed by atoms with E-state index in [1.54, 1.807) is 0 Å². The number of hydrogen-bond acceptors (Lipinski definition) is 3. The third-order valence-corrected chi connectivity index (χ3v) is 6.65. The van der Waals surface area contributed by atoms with Crippen LogP contribution in [0.4, 0.5) is 0 Å². The van der Waals surface area contributed by atoms with Crippen molar-refractivity contribution in [3.8, 4) is 0 Å². The van der Waals surface area contributed by atoms with Gasteiger partial charge in [0.15, 0.2) is 0 Å². The predicted molar refractivity (Wildman–Crippen MR) is 96.0 cm³/mol. The second-order valence-electron chi connectivity index (χ2n) is 8.34. The second kappa shape index (κ2) is 6.95. The zero-order valence-corrected chi connectivity index (χ0v) is 15.0. The molecular weight excluding hydrogens is 322 g/mol. The number of rotatable bonds is 7. The van der Waals surface area contributed by atoms with Crippen molar-refractivity contribution >= 4 is 11.6 Å². The average Bonchev–Trinajstić information content (AvgIpc) is 2.54. The summed E-state index contributed by atoms with van der Waals surface area (Å²) < 4.78 is 5.66. The highest BCUT2D eigenvalue weighted by Gasteiger charge is 2.50. The summed E-state index contributed by atoms with van der Waals surface area (Å²) in [6, 6.07) is 7.69. The van der Waals surface area contributed by atoms with Gasteiger partial charge in [-0.15, -0.1) is 0 Å². The molecule has 0 radical (unpaired) electrons. The topological polar surface area (TPSA) is 41.5 Å². The van der Waals surface area contributed by atoms with Gasteiger partial charge in [0.25, 0.3) is 0 Å². The molecule has 0 aliphatic heterocycles. The predicted octanol–water partition coefficient (Wildman–Crippen LogP) is 3.78. The van der Waals surface area contributed by atoms with Crippen LogP contribution in [0, 0.1) is 17.8 Å². The molecule has 1 aromatic carbocycles. The van der Waals surface area contributed by atoms with Crippen molar-refractivity contribution < 1.29 is 9.84 Å². The minimum atomic E-state index is -0.458. The second-order valence-corrected chi connectivity index (χ2v) is 8.75. The van der Waals surface area contributed by atoms with Gasteiger partial charge in [0.1, 0.15) is 0 Å². The summed E-state index contributed by atoms with van der Waals surface area (Å²) in [5.41, 5.74) is 1.28. The van der Waals surface area contributed by atoms with Crippen LogP contribution < -0.4 is 5.32 Å². The van der Waals surface area contributed by atoms with Crippen LogP contribution in [0.3, 0.4) is 0 Å². The molecule has 4 fully saturated rings. The van der Waals surface area contributed by atoms with Gasteiger partial charge >= 0.3 is 0 Å². The van der Waals surface area contributed by atoms with E-state index in [-0.39, 0.29) is 0 Å². The van der Waals surface area contributed by atoms with Gasteiger partial charge in [0.2, 0.25) is 0 Å². The van der Waals surface area contributed by atoms with Crippen LogP contribution in [0.5, 0.6) is 0 Å². The zero-order chi connectivity index (χ0) is 16.6. The number of hydrogen-bond donors (Lipinski definition) is 2. The summed E-state index contributed by atoms with van der Waals surface area (Å²) in [5.74, 6) is 2.78. The standard InChI is InChI=1S/C20H28ClNO2/c21-19-4-2-1-3-17(19)12-24-13-18(23)11-22-20-8-14-5-15(9-20)7-16(6-14)10-20/h1-4,14-16,18,22-23H,5-13H2/t14?,15?,16?,18-,20?/m1/s1. The zero-order valence-electron chi connectivity index (χ0n) is 14.2. The molecule has 0 amide bonds. The minimum Gasteiger partial charge on any atom is -0.389 e. The molecule has 4 bridgehead atoms. The Morgan fingerprint density at radius 2 is 1.75 bits per heavy atom. The fourth-order valence-electron chi connectivity index (χ4n) is 5.64. The first-order chi connectivity index (χ1) is 11.6. The van der Waals surface area contributed by atoms with Gasteiger partial charge in [-0.3, -0.25) is 0 Å². The molecule has 4 saturated carbocycles. The van der Waals surface area contributed by atoms with Crippen LogP contribution in [0.1, 0.15) is 44.1 Å². The molecule has 132 valence electrons. The Kier molecular flexibility index (Phi) is 4.88. The van der Waals surface area contributed by atoms with E-state index in [1.165, 1.54) is 38.5 Å². The summed E-state index contributed by atoms with van der Waals surface area (Å²) in [5, 5.41) is 14.7. The van der Waals surface area contributed by atoms with Gasteiger partial charge in [-0.2, -0.15) is 0 Å². The van der Waals surface area contributed by atoms with E-state index < -0.39 is 6.10 Å². The molecule has 0 spiro atoms. The van der Waals surface area contributed by atoms with Crippen molar-refractivity contribution in [1.82, 2.24) is 5.32 Å². The molecule has 24 heavy (non-hydrogen) atoms. The molecule has 0 aromatic heterocycles. The highest BCUT2D eigenvalue weighted by Crippen LogP contribution is 2.55. The maximum absolute atomic E-state index is 10.3. The van der Waals surface area contributed by atoms with Crippen LogP contribution in [0.25, 0.3) is 0 Å². The molecular formula is C20H28ClNO2. The van der Waals surface area contributed by atoms with E-state index in [2.05, 4.69) is 5.32 Å². The molecule has 5 rings (SSSR count). The lowest BCUT2D eigenvalue weighted by molar-refractivity contribution is -0.0317. The largest absolute Gasteiger partial charge is 0.389 e. The molecule has 2 N–H and O–H groups in total. The molecule has 0 saturated heterocycles. The van der Waals surface area contributed by atoms with Gasteiger partial charge < -0.3 is 15.2 Å². The Balaban J connectivity index is 1.22. The molecule has 4 aliphatic rings. The number of β-amino-alcohol motifs (C(OH)–C–C–N with tert-alkyl or cyclic N) is 1. The van der Waals surface area contributed by atoms with Crippen molar-refractivity contribution in [3.63, 3.8) is 0 Å². The van der Waals surface area contributed by atoms with Crippen LogP contribution in [-0.2, 0) is 11.3 Å². The van der Waals surface area contributed by atoms with E-state index in [0.29, 0.717) is 25.3 Å². The lowest BCUT2D eigenvalue weighted by atomic mass is 9.53. The van der Waals surface area contributed by atoms with Crippen molar-refractivity contribution in [2.45, 2.75) is 56.8 Å². The summed E-state index contributed by atoms with van der Waals surface area (Å²) in [4.78, 5) is 0. The monoisotopic (exact) mass is 349 g/mol. The molecule has 1 aromatic rings. The third kappa shape index (κ3) is 3.65. The number of benzene rings is 1. The molecule has 0 unspecified atom stereocenters. The average molecular weight is 350 g/mol. The molecule has 4 aliphatic carbocycles. The smallest absolute Gasteiger partial charge is 0.0898 e. The van der Waals surface area contributed by atoms with E-state index in [4.69, 9.17) is 16.3 Å². The Morgan fingerprint density at radius 1 is 1.12 bits per heavy atom. The van der Waals surface area contributed by atoms with Crippen LogP contribution >= 0.6 is 11.6 Å². The van der Waals surface area contributed by atoms with Gasteiger partial charge in [-0.1, -0.05) is 29.8 Å². The summed E-state index contributed by atoms with van der Waals surface area (Å²) in [6.07, 6.45) is 7.82. The Bertz CT molecular complexity index is 541. The van der Waals surface area contributed by atoms with E-state index >= 15 is 0 Å². The van der Waals surface area contributed by atoms with Crippen molar-refractivity contribution in [2.75, 3.05) is 13.2 Å². The van der Waals surface area contributed by atoms with Crippen molar-refractivity contribution in [1.29, 1.82) is 0 Å². The van der Waals surface area contributed by atoms with E-state index in [0.717, 1.165) is 28.3 Å². The SMILES string of the molecule is O[C@H](CNC12CC3CC(CC(C3)C1)C2)COCc1ccccc1Cl. The normalized spacial score (nSPS) is 35.3. The number of aliphatic hydroxyl groups is 1. The molecule has 4 heteroatoms. The van der Waals surface area contributed by atoms with Crippen molar-refractivity contribution in [3.05, 3.63) is 34.9 Å². The number of halogens is 1. The van der Waals surface area contributed by atoms with Gasteiger partial charge in [-0.05, 0) is 67.9 Å². The fraction of sp³-hybridized carbons (Fsp3) is 0.700. The minimum absolute atomic E-state index is 0.304. The lowest BCUT2D eigenvalue weighted by Gasteiger charge is -2.57. The number of nitrogens with one attached hydrogen (secondary N) is 1. The van der Waals surface area contributed by atoms with Gasteiger partial charge in [0.05, 0.1) is 19.3 Å². The first-order valence-electron chi connectivity index (χ1n) is 9.36. The van der Waals surface area contributed by atoms with Crippen LogP contribution in [0.2, 0.25) is 5.02 Å². The maximum atomic E-state index is 10.3. The van der Waals surface area contributed by atoms with Crippen LogP contribution in [0.15, 0.2) is 24.3 Å². The highest BCUT2D eigenvalue weighted by atomic mass is 35.5. The lowest BCUT2D eigenvalue weighted by Crippen LogP contribution is -2.59. The first kappa shape index (κ1) is 16.8. The van der Waals surface area contributed by atoms with E-state index in [9.17, 15) is 5.11 Å².